The zero-order valence-corrected chi connectivity index (χ0v) is 10.3. The second-order valence-corrected chi connectivity index (χ2v) is 4.29. The molecule has 2 aromatic rings. The zero-order valence-electron chi connectivity index (χ0n) is 10.3. The lowest BCUT2D eigenvalue weighted by Crippen LogP contribution is -2.09. The van der Waals surface area contributed by atoms with Crippen molar-refractivity contribution in [3.05, 3.63) is 53.6 Å². The topological polar surface area (TPSA) is 63.7 Å². The maximum absolute atomic E-state index is 9.22. The highest BCUT2D eigenvalue weighted by Gasteiger charge is 2.20. The van der Waals surface area contributed by atoms with Crippen LogP contribution in [0.5, 0.6) is 0 Å². The number of ether oxygens (including phenoxy) is 1. The number of hydrogen-bond acceptors (Lipinski definition) is 4. The van der Waals surface area contributed by atoms with Gasteiger partial charge in [0.1, 0.15) is 18.4 Å². The Labute approximate surface area is 110 Å². The van der Waals surface area contributed by atoms with Crippen molar-refractivity contribution in [1.82, 2.24) is 14.8 Å². The fourth-order valence-corrected chi connectivity index (χ4v) is 2.20. The van der Waals surface area contributed by atoms with E-state index in [1.54, 1.807) is 11.0 Å². The van der Waals surface area contributed by atoms with Crippen LogP contribution in [0.3, 0.4) is 0 Å². The molecule has 0 amide bonds. The van der Waals surface area contributed by atoms with E-state index in [9.17, 15) is 5.26 Å². The highest BCUT2D eigenvalue weighted by Crippen LogP contribution is 2.31. The predicted molar refractivity (Wildman–Crippen MR) is 68.4 cm³/mol. The number of fused-ring (bicyclic) bond motifs is 1. The minimum atomic E-state index is 0.259. The summed E-state index contributed by atoms with van der Waals surface area (Å²) < 4.78 is 7.36. The summed E-state index contributed by atoms with van der Waals surface area (Å²) in [6.07, 6.45) is 4.65. The van der Waals surface area contributed by atoms with Gasteiger partial charge in [-0.3, -0.25) is 0 Å². The first-order chi connectivity index (χ1) is 9.38. The molecular formula is C14H12N4O. The van der Waals surface area contributed by atoms with Gasteiger partial charge in [-0.25, -0.2) is 9.67 Å². The first-order valence-corrected chi connectivity index (χ1v) is 6.05. The normalized spacial score (nSPS) is 13.8. The summed E-state index contributed by atoms with van der Waals surface area (Å²) in [6.45, 7) is 0.259. The van der Waals surface area contributed by atoms with Gasteiger partial charge in [-0.15, -0.1) is 0 Å². The third-order valence-corrected chi connectivity index (χ3v) is 3.12. The van der Waals surface area contributed by atoms with E-state index in [1.807, 2.05) is 18.2 Å². The third-order valence-electron chi connectivity index (χ3n) is 3.12. The summed E-state index contributed by atoms with van der Waals surface area (Å²) in [6, 6.07) is 10.3. The van der Waals surface area contributed by atoms with Gasteiger partial charge in [0.25, 0.3) is 0 Å². The van der Waals surface area contributed by atoms with E-state index in [0.717, 1.165) is 18.4 Å². The second-order valence-electron chi connectivity index (χ2n) is 4.29. The number of aromatic nitrogens is 3. The van der Waals surface area contributed by atoms with Crippen LogP contribution in [0.15, 0.2) is 42.5 Å². The van der Waals surface area contributed by atoms with Crippen LogP contribution >= 0.6 is 0 Å². The van der Waals surface area contributed by atoms with Crippen LogP contribution in [-0.4, -0.2) is 14.8 Å². The minimum Gasteiger partial charge on any atom is -0.470 e. The maximum Gasteiger partial charge on any atom is 0.182 e. The Bertz CT molecular complexity index is 652. The van der Waals surface area contributed by atoms with E-state index < -0.39 is 0 Å². The van der Waals surface area contributed by atoms with Gasteiger partial charge >= 0.3 is 0 Å². The molecule has 0 radical (unpaired) electrons. The molecule has 0 saturated carbocycles. The Morgan fingerprint density at radius 2 is 2.21 bits per heavy atom. The monoisotopic (exact) mass is 252 g/mol. The summed E-state index contributed by atoms with van der Waals surface area (Å²) in [5.41, 5.74) is 2.92. The fourth-order valence-electron chi connectivity index (χ4n) is 2.20. The Balaban J connectivity index is 1.91. The molecule has 5 nitrogen and oxygen atoms in total. The number of benzene rings is 1. The van der Waals surface area contributed by atoms with Crippen molar-refractivity contribution < 1.29 is 4.74 Å². The van der Waals surface area contributed by atoms with Crippen LogP contribution < -0.4 is 0 Å². The van der Waals surface area contributed by atoms with Gasteiger partial charge < -0.3 is 4.74 Å². The van der Waals surface area contributed by atoms with Gasteiger partial charge in [0.2, 0.25) is 0 Å². The summed E-state index contributed by atoms with van der Waals surface area (Å²) in [5.74, 6) is 0.667. The number of nitrogens with zero attached hydrogens (tertiary/aromatic N) is 4. The zero-order chi connectivity index (χ0) is 13.1. The quantitative estimate of drug-likeness (QED) is 0.839. The molecule has 1 aliphatic carbocycles. The van der Waals surface area contributed by atoms with Crippen molar-refractivity contribution in [3.8, 4) is 6.07 Å². The minimum absolute atomic E-state index is 0.259. The van der Waals surface area contributed by atoms with Crippen LogP contribution in [0.2, 0.25) is 0 Å². The number of hydrogen-bond donors (Lipinski definition) is 0. The Morgan fingerprint density at radius 3 is 3.00 bits per heavy atom. The van der Waals surface area contributed by atoms with E-state index in [-0.39, 0.29) is 6.73 Å². The summed E-state index contributed by atoms with van der Waals surface area (Å²) in [5, 5.41) is 13.2. The van der Waals surface area contributed by atoms with Gasteiger partial charge in [-0.1, -0.05) is 24.3 Å². The molecule has 0 atom stereocenters. The lowest BCUT2D eigenvalue weighted by Gasteiger charge is -2.20. The molecule has 94 valence electrons. The Hall–Kier alpha value is -2.61. The first-order valence-electron chi connectivity index (χ1n) is 6.05. The van der Waals surface area contributed by atoms with Crippen molar-refractivity contribution in [3.63, 3.8) is 0 Å². The molecule has 0 unspecified atom stereocenters. The van der Waals surface area contributed by atoms with E-state index in [0.29, 0.717) is 11.3 Å². The van der Waals surface area contributed by atoms with Crippen molar-refractivity contribution in [2.24, 2.45) is 0 Å². The summed E-state index contributed by atoms with van der Waals surface area (Å²) in [7, 11) is 0. The fraction of sp³-hybridized carbons (Fsp3) is 0.214. The average molecular weight is 252 g/mol. The molecule has 0 aliphatic heterocycles. The van der Waals surface area contributed by atoms with Crippen molar-refractivity contribution in [2.45, 2.75) is 19.6 Å². The molecule has 19 heavy (non-hydrogen) atoms. The van der Waals surface area contributed by atoms with Crippen LogP contribution in [0, 0.1) is 11.3 Å². The van der Waals surface area contributed by atoms with Crippen molar-refractivity contribution in [2.75, 3.05) is 0 Å². The average Bonchev–Trinajstić information content (AvgIpc) is 2.97. The Kier molecular flexibility index (Phi) is 2.99. The molecule has 0 fully saturated rings. The predicted octanol–water partition coefficient (Wildman–Crippen LogP) is 2.13. The molecule has 0 bridgehead atoms. The second kappa shape index (κ2) is 4.94. The Morgan fingerprint density at radius 1 is 1.32 bits per heavy atom. The molecule has 1 aromatic carbocycles. The summed E-state index contributed by atoms with van der Waals surface area (Å²) in [4.78, 5) is 3.86. The van der Waals surface area contributed by atoms with Gasteiger partial charge in [-0.2, -0.15) is 10.4 Å². The highest BCUT2D eigenvalue weighted by atomic mass is 16.5. The van der Waals surface area contributed by atoms with Crippen LogP contribution in [0.4, 0.5) is 0 Å². The first kappa shape index (κ1) is 11.5. The smallest absolute Gasteiger partial charge is 0.182 e. The standard InChI is InChI=1S/C14H12N4O/c15-7-12-6-5-11-3-1-2-4-13(11)14(12)19-10-18-9-16-8-17-18/h1-4,8-9H,5-6,10H2. The SMILES string of the molecule is N#CC1=C(OCn2cncn2)c2ccccc2CC1. The molecule has 0 N–H and O–H groups in total. The van der Waals surface area contributed by atoms with E-state index in [2.05, 4.69) is 22.2 Å². The third kappa shape index (κ3) is 2.20. The van der Waals surface area contributed by atoms with Crippen LogP contribution in [-0.2, 0) is 17.9 Å². The van der Waals surface area contributed by atoms with E-state index in [1.165, 1.54) is 11.9 Å². The number of allylic oxidation sites excluding steroid dienone is 1. The van der Waals surface area contributed by atoms with Gasteiger partial charge in [0.05, 0.1) is 11.6 Å². The van der Waals surface area contributed by atoms with Gasteiger partial charge in [-0.05, 0) is 18.4 Å². The van der Waals surface area contributed by atoms with Gasteiger partial charge in [0.15, 0.2) is 6.73 Å². The molecule has 1 heterocycles. The molecule has 0 spiro atoms. The van der Waals surface area contributed by atoms with Crippen LogP contribution in [0.1, 0.15) is 17.5 Å². The molecule has 1 aliphatic rings. The molecular weight excluding hydrogens is 240 g/mol. The molecule has 5 heteroatoms. The van der Waals surface area contributed by atoms with E-state index in [4.69, 9.17) is 4.74 Å². The van der Waals surface area contributed by atoms with Gasteiger partial charge in [0, 0.05) is 5.56 Å². The maximum atomic E-state index is 9.22. The lowest BCUT2D eigenvalue weighted by molar-refractivity contribution is 0.183. The van der Waals surface area contributed by atoms with Crippen molar-refractivity contribution in [1.29, 1.82) is 5.26 Å². The summed E-state index contributed by atoms with van der Waals surface area (Å²) >= 11 is 0. The lowest BCUT2D eigenvalue weighted by atomic mass is 9.91. The van der Waals surface area contributed by atoms with Crippen molar-refractivity contribution >= 4 is 5.76 Å². The largest absolute Gasteiger partial charge is 0.470 e. The van der Waals surface area contributed by atoms with Crippen LogP contribution in [0.25, 0.3) is 5.76 Å². The molecule has 0 saturated heterocycles. The molecule has 1 aromatic heterocycles. The number of nitriles is 1. The number of aryl methyl sites for hydroxylation is 1. The number of rotatable bonds is 3. The highest BCUT2D eigenvalue weighted by molar-refractivity contribution is 5.71. The van der Waals surface area contributed by atoms with E-state index >= 15 is 0 Å². The molecule has 3 rings (SSSR count).